The molecule has 0 spiro atoms. The van der Waals surface area contributed by atoms with Gasteiger partial charge in [-0.2, -0.15) is 0 Å². The van der Waals surface area contributed by atoms with Gasteiger partial charge in [-0.15, -0.1) is 0 Å². The number of hydrogen-bond donors (Lipinski definition) is 2. The molecule has 4 heteroatoms. The van der Waals surface area contributed by atoms with E-state index < -0.39 is 0 Å². The van der Waals surface area contributed by atoms with Gasteiger partial charge in [-0.05, 0) is 63.2 Å². The molecule has 3 aromatic carbocycles. The largest absolute Gasteiger partial charge is 0.354 e. The van der Waals surface area contributed by atoms with Crippen LogP contribution in [0.3, 0.4) is 0 Å². The summed E-state index contributed by atoms with van der Waals surface area (Å²) in [6.45, 7) is 6.13. The molecule has 31 heavy (non-hydrogen) atoms. The third-order valence-corrected chi connectivity index (χ3v) is 5.04. The zero-order chi connectivity index (χ0) is 21.8. The van der Waals surface area contributed by atoms with E-state index in [9.17, 15) is 4.79 Å². The summed E-state index contributed by atoms with van der Waals surface area (Å²) < 4.78 is 0. The van der Waals surface area contributed by atoms with Gasteiger partial charge in [0.15, 0.2) is 0 Å². The predicted octanol–water partition coefficient (Wildman–Crippen LogP) is 6.26. The number of hydrogen-bond acceptors (Lipinski definition) is 4. The smallest absolute Gasteiger partial charge is 0.204 e. The fourth-order valence-electron chi connectivity index (χ4n) is 3.20. The average Bonchev–Trinajstić information content (AvgIpc) is 2.76. The summed E-state index contributed by atoms with van der Waals surface area (Å²) in [4.78, 5) is 17.7. The molecule has 0 saturated heterocycles. The molecule has 0 radical (unpaired) electrons. The molecular formula is C27H25N3O. The molecule has 1 aliphatic carbocycles. The lowest BCUT2D eigenvalue weighted by molar-refractivity contribution is -0.111. The van der Waals surface area contributed by atoms with Gasteiger partial charge in [0, 0.05) is 17.5 Å². The number of benzene rings is 3. The summed E-state index contributed by atoms with van der Waals surface area (Å²) in [6, 6.07) is 24.0. The number of nitrogens with one attached hydrogen (secondary N) is 2. The molecule has 0 unspecified atom stereocenters. The van der Waals surface area contributed by atoms with Crippen molar-refractivity contribution < 1.29 is 4.79 Å². The van der Waals surface area contributed by atoms with E-state index in [0.29, 0.717) is 17.1 Å². The fraction of sp³-hybridized carbons (Fsp3) is 0.111. The van der Waals surface area contributed by atoms with Gasteiger partial charge in [0.25, 0.3) is 0 Å². The second-order valence-electron chi connectivity index (χ2n) is 7.79. The van der Waals surface area contributed by atoms with Gasteiger partial charge in [0.1, 0.15) is 0 Å². The molecule has 0 atom stereocenters. The first kappa shape index (κ1) is 20.4. The van der Waals surface area contributed by atoms with E-state index in [1.54, 1.807) is 12.2 Å². The Labute approximate surface area is 183 Å². The van der Waals surface area contributed by atoms with Crippen LogP contribution in [0.4, 0.5) is 17.1 Å². The molecule has 0 saturated carbocycles. The summed E-state index contributed by atoms with van der Waals surface area (Å²) in [5.74, 6) is -0.0990. The third kappa shape index (κ3) is 5.17. The van der Waals surface area contributed by atoms with Gasteiger partial charge in [-0.1, -0.05) is 53.1 Å². The lowest BCUT2D eigenvalue weighted by atomic mass is 10.0. The Morgan fingerprint density at radius 1 is 0.581 bits per heavy atom. The maximum Gasteiger partial charge on any atom is 0.204 e. The number of aliphatic imine (C=N–C) groups is 1. The van der Waals surface area contributed by atoms with E-state index in [1.165, 1.54) is 16.7 Å². The maximum atomic E-state index is 12.9. The molecule has 2 N–H and O–H groups in total. The van der Waals surface area contributed by atoms with Gasteiger partial charge in [-0.3, -0.25) is 4.79 Å². The monoisotopic (exact) mass is 407 g/mol. The second-order valence-corrected chi connectivity index (χ2v) is 7.79. The molecule has 0 amide bonds. The van der Waals surface area contributed by atoms with Gasteiger partial charge in [-0.25, -0.2) is 4.99 Å². The van der Waals surface area contributed by atoms with E-state index in [-0.39, 0.29) is 5.78 Å². The highest BCUT2D eigenvalue weighted by Gasteiger charge is 2.19. The van der Waals surface area contributed by atoms with E-state index in [1.807, 2.05) is 93.6 Å². The number of carbonyl (C=O) groups is 1. The topological polar surface area (TPSA) is 53.5 Å². The van der Waals surface area contributed by atoms with E-state index in [2.05, 4.69) is 10.6 Å². The Balaban J connectivity index is 1.68. The van der Waals surface area contributed by atoms with Gasteiger partial charge in [0.05, 0.1) is 22.8 Å². The number of anilines is 2. The van der Waals surface area contributed by atoms with Crippen molar-refractivity contribution in [1.82, 2.24) is 0 Å². The molecule has 0 bridgehead atoms. The molecule has 1 aliphatic rings. The normalized spacial score (nSPS) is 14.8. The highest BCUT2D eigenvalue weighted by atomic mass is 16.1. The van der Waals surface area contributed by atoms with Crippen LogP contribution < -0.4 is 10.6 Å². The molecule has 0 heterocycles. The van der Waals surface area contributed by atoms with E-state index >= 15 is 0 Å². The van der Waals surface area contributed by atoms with Crippen LogP contribution in [0.1, 0.15) is 16.7 Å². The number of rotatable bonds is 5. The van der Waals surface area contributed by atoms with Crippen LogP contribution in [0, 0.1) is 20.8 Å². The van der Waals surface area contributed by atoms with Crippen molar-refractivity contribution in [3.05, 3.63) is 113 Å². The van der Waals surface area contributed by atoms with Crippen molar-refractivity contribution in [3.8, 4) is 0 Å². The van der Waals surface area contributed by atoms with E-state index in [4.69, 9.17) is 4.99 Å². The predicted molar refractivity (Wildman–Crippen MR) is 129 cm³/mol. The second kappa shape index (κ2) is 8.84. The molecule has 3 aromatic rings. The maximum absolute atomic E-state index is 12.9. The summed E-state index contributed by atoms with van der Waals surface area (Å²) in [6.07, 6.45) is 3.40. The summed E-state index contributed by atoms with van der Waals surface area (Å²) in [5, 5.41) is 6.58. The Morgan fingerprint density at radius 2 is 1.03 bits per heavy atom. The minimum atomic E-state index is -0.0990. The fourth-order valence-corrected chi connectivity index (χ4v) is 3.20. The molecule has 154 valence electrons. The Bertz CT molecular complexity index is 1180. The number of allylic oxidation sites excluding steroid dienone is 2. The van der Waals surface area contributed by atoms with Crippen LogP contribution in [0.5, 0.6) is 0 Å². The van der Waals surface area contributed by atoms with Crippen LogP contribution in [-0.4, -0.2) is 11.5 Å². The van der Waals surface area contributed by atoms with Crippen LogP contribution in [0.2, 0.25) is 0 Å². The molecule has 0 aliphatic heterocycles. The zero-order valence-corrected chi connectivity index (χ0v) is 17.9. The van der Waals surface area contributed by atoms with Crippen LogP contribution in [0.25, 0.3) is 0 Å². The number of nitrogens with zero attached hydrogens (tertiary/aromatic N) is 1. The SMILES string of the molecule is Cc1ccc(N=C2C=C(Nc3ccc(C)cc3)C(=O)C=C2Nc2ccc(C)cc2)cc1. The van der Waals surface area contributed by atoms with Crippen LogP contribution in [-0.2, 0) is 4.79 Å². The first-order valence-corrected chi connectivity index (χ1v) is 10.3. The Hall–Kier alpha value is -3.92. The highest BCUT2D eigenvalue weighted by molar-refractivity contribution is 6.24. The average molecular weight is 408 g/mol. The van der Waals surface area contributed by atoms with Crippen molar-refractivity contribution in [2.24, 2.45) is 4.99 Å². The standard InChI is InChI=1S/C27H25N3O/c1-18-4-10-21(11-5-18)28-24-16-26(30-23-14-8-20(3)9-15-23)27(31)17-25(24)29-22-12-6-19(2)7-13-22/h4-17,29-30H,1-3H3. The first-order valence-electron chi connectivity index (χ1n) is 10.3. The lowest BCUT2D eigenvalue weighted by Gasteiger charge is -2.18. The van der Waals surface area contributed by atoms with Crippen molar-refractivity contribution in [2.75, 3.05) is 10.6 Å². The van der Waals surface area contributed by atoms with Crippen molar-refractivity contribution in [3.63, 3.8) is 0 Å². The summed E-state index contributed by atoms with van der Waals surface area (Å²) in [7, 11) is 0. The summed E-state index contributed by atoms with van der Waals surface area (Å²) in [5.41, 5.74) is 7.98. The number of ketones is 1. The minimum Gasteiger partial charge on any atom is -0.354 e. The molecule has 0 aromatic heterocycles. The van der Waals surface area contributed by atoms with Crippen molar-refractivity contribution >= 4 is 28.6 Å². The number of aryl methyl sites for hydroxylation is 3. The van der Waals surface area contributed by atoms with Crippen LogP contribution >= 0.6 is 0 Å². The zero-order valence-electron chi connectivity index (χ0n) is 17.9. The molecule has 4 rings (SSSR count). The Kier molecular flexibility index (Phi) is 5.80. The minimum absolute atomic E-state index is 0.0990. The Morgan fingerprint density at radius 3 is 1.55 bits per heavy atom. The quantitative estimate of drug-likeness (QED) is 0.491. The van der Waals surface area contributed by atoms with Crippen LogP contribution in [0.15, 0.2) is 101 Å². The molecule has 0 fully saturated rings. The number of carbonyl (C=O) groups excluding carboxylic acids is 1. The first-order chi connectivity index (χ1) is 15.0. The lowest BCUT2D eigenvalue weighted by Crippen LogP contribution is -2.22. The van der Waals surface area contributed by atoms with E-state index in [0.717, 1.165) is 17.1 Å². The molecule has 4 nitrogen and oxygen atoms in total. The van der Waals surface area contributed by atoms with Crippen molar-refractivity contribution in [2.45, 2.75) is 20.8 Å². The van der Waals surface area contributed by atoms with Gasteiger partial charge < -0.3 is 10.6 Å². The van der Waals surface area contributed by atoms with Gasteiger partial charge in [0.2, 0.25) is 5.78 Å². The van der Waals surface area contributed by atoms with Gasteiger partial charge >= 0.3 is 0 Å². The summed E-state index contributed by atoms with van der Waals surface area (Å²) >= 11 is 0. The highest BCUT2D eigenvalue weighted by Crippen LogP contribution is 2.23. The third-order valence-electron chi connectivity index (χ3n) is 5.04. The van der Waals surface area contributed by atoms with Crippen molar-refractivity contribution in [1.29, 1.82) is 0 Å². The molecular weight excluding hydrogens is 382 g/mol.